The topological polar surface area (TPSA) is 81.2 Å². The van der Waals surface area contributed by atoms with Crippen molar-refractivity contribution in [2.45, 2.75) is 46.1 Å². The number of rotatable bonds is 6. The second kappa shape index (κ2) is 7.42. The molecule has 0 radical (unpaired) electrons. The van der Waals surface area contributed by atoms with Gasteiger partial charge in [-0.3, -0.25) is 4.79 Å². The highest BCUT2D eigenvalue weighted by Crippen LogP contribution is 2.21. The van der Waals surface area contributed by atoms with Crippen LogP contribution in [-0.4, -0.2) is 10.9 Å². The monoisotopic (exact) mass is 315 g/mol. The van der Waals surface area contributed by atoms with Crippen molar-refractivity contribution in [3.8, 4) is 0 Å². The third-order valence-electron chi connectivity index (χ3n) is 4.11. The highest BCUT2D eigenvalue weighted by molar-refractivity contribution is 6.02. The Labute approximate surface area is 137 Å². The van der Waals surface area contributed by atoms with Crippen LogP contribution in [0.1, 0.15) is 68.0 Å². The van der Waals surface area contributed by atoms with Crippen LogP contribution in [0.2, 0.25) is 0 Å². The third kappa shape index (κ3) is 4.20. The fraction of sp³-hybridized carbons (Fsp3) is 0.444. The normalized spacial score (nSPS) is 13.8. The lowest BCUT2D eigenvalue weighted by Gasteiger charge is -2.10. The summed E-state index contributed by atoms with van der Waals surface area (Å²) >= 11 is 0. The molecule has 2 atom stereocenters. The van der Waals surface area contributed by atoms with E-state index < -0.39 is 0 Å². The summed E-state index contributed by atoms with van der Waals surface area (Å²) in [5.74, 6) is 0.789. The largest absolute Gasteiger partial charge is 0.446 e. The Morgan fingerprint density at radius 2 is 1.91 bits per heavy atom. The number of nitrogens with one attached hydrogen (secondary N) is 1. The Hall–Kier alpha value is -2.14. The number of hydrogen-bond donors (Lipinski definition) is 2. The average Bonchev–Trinajstić information content (AvgIpc) is 3.04. The van der Waals surface area contributed by atoms with Crippen LogP contribution in [0, 0.1) is 5.92 Å². The first kappa shape index (κ1) is 17.2. The Balaban J connectivity index is 2.04. The minimum atomic E-state index is -0.314. The van der Waals surface area contributed by atoms with Crippen LogP contribution in [-0.2, 0) is 0 Å². The molecule has 0 bridgehead atoms. The maximum atomic E-state index is 12.2. The van der Waals surface area contributed by atoms with Gasteiger partial charge in [-0.2, -0.15) is 0 Å². The van der Waals surface area contributed by atoms with E-state index in [0.29, 0.717) is 11.8 Å². The number of hydrogen-bond acceptors (Lipinski definition) is 4. The van der Waals surface area contributed by atoms with Crippen LogP contribution in [0.3, 0.4) is 0 Å². The highest BCUT2D eigenvalue weighted by atomic mass is 16.3. The Kier molecular flexibility index (Phi) is 5.55. The van der Waals surface area contributed by atoms with Crippen molar-refractivity contribution in [1.29, 1.82) is 0 Å². The molecule has 0 aliphatic carbocycles. The number of anilines is 1. The van der Waals surface area contributed by atoms with E-state index in [1.165, 1.54) is 11.8 Å². The van der Waals surface area contributed by atoms with Gasteiger partial charge in [-0.05, 0) is 36.0 Å². The highest BCUT2D eigenvalue weighted by Gasteiger charge is 2.19. The van der Waals surface area contributed by atoms with Gasteiger partial charge < -0.3 is 15.5 Å². The van der Waals surface area contributed by atoms with Crippen molar-refractivity contribution in [2.24, 2.45) is 11.7 Å². The number of benzene rings is 1. The van der Waals surface area contributed by atoms with E-state index in [0.717, 1.165) is 12.1 Å². The molecule has 0 aliphatic rings. The first-order valence-corrected chi connectivity index (χ1v) is 8.04. The van der Waals surface area contributed by atoms with Crippen LogP contribution in [0.5, 0.6) is 0 Å². The van der Waals surface area contributed by atoms with Crippen LogP contribution in [0.25, 0.3) is 0 Å². The first-order chi connectivity index (χ1) is 10.9. The van der Waals surface area contributed by atoms with Crippen LogP contribution in [0.4, 0.5) is 5.69 Å². The zero-order valence-electron chi connectivity index (χ0n) is 14.2. The molecule has 5 heteroatoms. The maximum absolute atomic E-state index is 12.2. The molecule has 3 N–H and O–H groups in total. The number of carbonyl (C=O) groups is 1. The van der Waals surface area contributed by atoms with E-state index in [2.05, 4.69) is 24.1 Å². The van der Waals surface area contributed by atoms with Crippen LogP contribution in [0.15, 0.2) is 34.9 Å². The molecule has 0 aliphatic heterocycles. The van der Waals surface area contributed by atoms with E-state index in [1.807, 2.05) is 38.1 Å². The summed E-state index contributed by atoms with van der Waals surface area (Å²) in [6.45, 7) is 8.30. The molecular formula is C18H25N3O2. The minimum absolute atomic E-state index is 0.192. The lowest BCUT2D eigenvalue weighted by Crippen LogP contribution is -2.18. The molecule has 1 aromatic carbocycles. The quantitative estimate of drug-likeness (QED) is 0.841. The summed E-state index contributed by atoms with van der Waals surface area (Å²) < 4.78 is 5.31. The molecule has 2 aromatic rings. The molecule has 1 aromatic heterocycles. The summed E-state index contributed by atoms with van der Waals surface area (Å²) in [7, 11) is 0. The van der Waals surface area contributed by atoms with Crippen LogP contribution >= 0.6 is 0 Å². The van der Waals surface area contributed by atoms with E-state index in [4.69, 9.17) is 10.2 Å². The molecule has 124 valence electrons. The van der Waals surface area contributed by atoms with Gasteiger partial charge in [0, 0.05) is 5.69 Å². The van der Waals surface area contributed by atoms with Gasteiger partial charge in [-0.1, -0.05) is 39.8 Å². The van der Waals surface area contributed by atoms with Gasteiger partial charge in [0.25, 0.3) is 5.91 Å². The zero-order valence-corrected chi connectivity index (χ0v) is 14.2. The van der Waals surface area contributed by atoms with Gasteiger partial charge >= 0.3 is 0 Å². The number of oxazole rings is 1. The SMILES string of the molecule is CCC(C)c1ccc(NC(=O)c2coc(C(N)C(C)C)n2)cc1. The fourth-order valence-corrected chi connectivity index (χ4v) is 2.16. The molecule has 0 saturated carbocycles. The predicted molar refractivity (Wildman–Crippen MR) is 91.4 cm³/mol. The summed E-state index contributed by atoms with van der Waals surface area (Å²) in [6.07, 6.45) is 2.43. The summed E-state index contributed by atoms with van der Waals surface area (Å²) in [5.41, 5.74) is 8.21. The second-order valence-electron chi connectivity index (χ2n) is 6.23. The van der Waals surface area contributed by atoms with Gasteiger partial charge in [-0.25, -0.2) is 4.98 Å². The molecular weight excluding hydrogens is 290 g/mol. The van der Waals surface area contributed by atoms with E-state index in [-0.39, 0.29) is 23.6 Å². The van der Waals surface area contributed by atoms with Gasteiger partial charge in [-0.15, -0.1) is 0 Å². The van der Waals surface area contributed by atoms with Crippen molar-refractivity contribution >= 4 is 11.6 Å². The number of amides is 1. The van der Waals surface area contributed by atoms with Crippen molar-refractivity contribution in [3.63, 3.8) is 0 Å². The molecule has 2 rings (SSSR count). The van der Waals surface area contributed by atoms with Gasteiger partial charge in [0.15, 0.2) is 5.69 Å². The van der Waals surface area contributed by atoms with E-state index >= 15 is 0 Å². The summed E-state index contributed by atoms with van der Waals surface area (Å²) in [4.78, 5) is 16.4. The molecule has 5 nitrogen and oxygen atoms in total. The fourth-order valence-electron chi connectivity index (χ4n) is 2.16. The lowest BCUT2D eigenvalue weighted by molar-refractivity contribution is 0.102. The number of nitrogens with two attached hydrogens (primary N) is 1. The molecule has 0 spiro atoms. The predicted octanol–water partition coefficient (Wildman–Crippen LogP) is 4.10. The number of nitrogens with zero attached hydrogens (tertiary/aromatic N) is 1. The summed E-state index contributed by atoms with van der Waals surface area (Å²) in [5, 5.41) is 2.82. The van der Waals surface area contributed by atoms with E-state index in [1.54, 1.807) is 0 Å². The second-order valence-corrected chi connectivity index (χ2v) is 6.23. The molecule has 1 amide bonds. The van der Waals surface area contributed by atoms with Crippen molar-refractivity contribution in [2.75, 3.05) is 5.32 Å². The zero-order chi connectivity index (χ0) is 17.0. The molecule has 0 saturated heterocycles. The Bertz CT molecular complexity index is 647. The average molecular weight is 315 g/mol. The van der Waals surface area contributed by atoms with Crippen LogP contribution < -0.4 is 11.1 Å². The van der Waals surface area contributed by atoms with Gasteiger partial charge in [0.2, 0.25) is 5.89 Å². The molecule has 1 heterocycles. The van der Waals surface area contributed by atoms with E-state index in [9.17, 15) is 4.79 Å². The van der Waals surface area contributed by atoms with Crippen molar-refractivity contribution in [3.05, 3.63) is 47.7 Å². The molecule has 2 unspecified atom stereocenters. The van der Waals surface area contributed by atoms with Crippen molar-refractivity contribution in [1.82, 2.24) is 4.98 Å². The Morgan fingerprint density at radius 1 is 1.26 bits per heavy atom. The minimum Gasteiger partial charge on any atom is -0.446 e. The standard InChI is InChI=1S/C18H25N3O2/c1-5-12(4)13-6-8-14(9-7-13)20-17(22)15-10-23-18(21-15)16(19)11(2)3/h6-12,16H,5,19H2,1-4H3,(H,20,22). The lowest BCUT2D eigenvalue weighted by atomic mass is 9.99. The maximum Gasteiger partial charge on any atom is 0.277 e. The summed E-state index contributed by atoms with van der Waals surface area (Å²) in [6, 6.07) is 7.56. The van der Waals surface area contributed by atoms with Gasteiger partial charge in [0.1, 0.15) is 6.26 Å². The first-order valence-electron chi connectivity index (χ1n) is 8.04. The Morgan fingerprint density at radius 3 is 2.48 bits per heavy atom. The molecule has 0 fully saturated rings. The third-order valence-corrected chi connectivity index (χ3v) is 4.11. The molecule has 23 heavy (non-hydrogen) atoms. The van der Waals surface area contributed by atoms with Gasteiger partial charge in [0.05, 0.1) is 6.04 Å². The number of aromatic nitrogens is 1. The smallest absolute Gasteiger partial charge is 0.277 e. The number of carbonyl (C=O) groups excluding carboxylic acids is 1. The van der Waals surface area contributed by atoms with Crippen molar-refractivity contribution < 1.29 is 9.21 Å².